The minimum absolute atomic E-state index is 0.142. The maximum atomic E-state index is 14.6. The van der Waals surface area contributed by atoms with Crippen LogP contribution in [0.2, 0.25) is 10.0 Å². The van der Waals surface area contributed by atoms with E-state index in [1.165, 1.54) is 39.3 Å². The summed E-state index contributed by atoms with van der Waals surface area (Å²) in [6, 6.07) is 26.7. The van der Waals surface area contributed by atoms with Crippen LogP contribution in [0.25, 0.3) is 68.6 Å². The van der Waals surface area contributed by atoms with Gasteiger partial charge in [-0.2, -0.15) is 0 Å². The van der Waals surface area contributed by atoms with Gasteiger partial charge in [-0.25, -0.2) is 14.9 Å². The maximum Gasteiger partial charge on any atom is 0.266 e. The fourth-order valence-electron chi connectivity index (χ4n) is 8.68. The molecule has 0 atom stereocenters. The molecule has 2 N–H and O–H groups in total. The van der Waals surface area contributed by atoms with E-state index in [4.69, 9.17) is 33.2 Å². The highest BCUT2D eigenvalue weighted by atomic mass is 35.5. The van der Waals surface area contributed by atoms with Crippen molar-refractivity contribution >= 4 is 87.1 Å². The molecule has 0 spiro atoms. The van der Waals surface area contributed by atoms with Gasteiger partial charge in [0.2, 0.25) is 0 Å². The number of fused-ring (bicyclic) bond motifs is 9. The van der Waals surface area contributed by atoms with Gasteiger partial charge < -0.3 is 9.97 Å². The van der Waals surface area contributed by atoms with Crippen molar-refractivity contribution in [3.05, 3.63) is 145 Å². The Bertz CT molecular complexity index is 3080. The Morgan fingerprint density at radius 3 is 1.37 bits per heavy atom. The van der Waals surface area contributed by atoms with E-state index in [9.17, 15) is 9.59 Å². The second-order valence-electron chi connectivity index (χ2n) is 21.7. The third-order valence-electron chi connectivity index (χ3n) is 12.6. The third kappa shape index (κ3) is 8.08. The second-order valence-corrected chi connectivity index (χ2v) is 22.5. The molecule has 0 aliphatic carbocycles. The number of imide groups is 1. The average Bonchev–Trinajstić information content (AvgIpc) is 4.07. The fraction of sp³-hybridized carbons (Fsp3) is 0.286. The third-order valence-corrected chi connectivity index (χ3v) is 13.3. The predicted octanol–water partition coefficient (Wildman–Crippen LogP) is 15.3. The Hall–Kier alpha value is -6.02. The normalized spacial score (nSPS) is 14.2. The molecule has 7 nitrogen and oxygen atoms in total. The quantitative estimate of drug-likeness (QED) is 0.173. The van der Waals surface area contributed by atoms with Crippen LogP contribution in [0.3, 0.4) is 0 Å². The summed E-state index contributed by atoms with van der Waals surface area (Å²) in [5.74, 6) is -1.04. The molecule has 3 aromatic carbocycles. The Balaban J connectivity index is 1.43. The van der Waals surface area contributed by atoms with Crippen molar-refractivity contribution in [1.29, 1.82) is 0 Å². The zero-order valence-electron chi connectivity index (χ0n) is 39.2. The molecule has 3 aliphatic rings. The van der Waals surface area contributed by atoms with E-state index < -0.39 is 11.8 Å². The largest absolute Gasteiger partial charge is 0.355 e. The molecule has 0 saturated heterocycles. The predicted molar refractivity (Wildman–Crippen MR) is 272 cm³/mol. The van der Waals surface area contributed by atoms with Crippen LogP contribution in [-0.2, 0) is 21.7 Å². The summed E-state index contributed by atoms with van der Waals surface area (Å²) in [4.78, 5) is 48.5. The number of hydrogen-bond acceptors (Lipinski definition) is 4. The molecule has 8 bridgehead atoms. The lowest BCUT2D eigenvalue weighted by Gasteiger charge is -2.26. The first-order valence-electron chi connectivity index (χ1n) is 22.2. The molecule has 0 unspecified atom stereocenters. The van der Waals surface area contributed by atoms with Gasteiger partial charge in [-0.1, -0.05) is 143 Å². The SMILES string of the molecule is CC(C)(C)c1cc(-c2c3nc(c(N4C(=O)c5cc(Cl)c(Cl)cc5C4=O)c4ccc([nH]4)c(-c4cc(C(C)(C)C)cc(C(C)(C)C)c4)c4nc(cc5ccc2[nH]5)C=C4)C=C3)cc(C(C)(C)C)c1. The van der Waals surface area contributed by atoms with Gasteiger partial charge in [-0.3, -0.25) is 9.59 Å². The number of aromatic nitrogens is 4. The molecule has 3 aliphatic heterocycles. The summed E-state index contributed by atoms with van der Waals surface area (Å²) >= 11 is 12.9. The molecule has 9 rings (SSSR count). The van der Waals surface area contributed by atoms with Crippen molar-refractivity contribution < 1.29 is 9.59 Å². The molecular formula is C56H55Cl2N5O2. The van der Waals surface area contributed by atoms with E-state index >= 15 is 0 Å². The summed E-state index contributed by atoms with van der Waals surface area (Å²) in [6.07, 6.45) is 7.96. The van der Waals surface area contributed by atoms with E-state index in [0.717, 1.165) is 50.2 Å². The summed E-state index contributed by atoms with van der Waals surface area (Å²) in [7, 11) is 0. The molecule has 3 aromatic heterocycles. The molecular weight excluding hydrogens is 846 g/mol. The standard InChI is InChI=1S/C56H55Cl2N5O2/c1-53(2,3)32-21-30(22-33(25-32)54(4,5)6)48-42-15-13-36(59-42)27-37-14-16-43(60-37)49(31-23-34(55(7,8)9)26-35(24-31)56(10,11)12)45-18-20-47(62-45)50(46-19-17-44(48)61-46)63-51(64)38-28-40(57)41(58)29-39(38)52(63)65/h13-29,59,62H,1-12H3. The Morgan fingerprint density at radius 2 is 0.877 bits per heavy atom. The van der Waals surface area contributed by atoms with E-state index in [2.05, 4.69) is 154 Å². The van der Waals surface area contributed by atoms with Crippen molar-refractivity contribution in [2.24, 2.45) is 0 Å². The molecule has 6 heterocycles. The number of carbonyl (C=O) groups is 2. The van der Waals surface area contributed by atoms with E-state index in [1.54, 1.807) is 0 Å². The number of nitrogens with one attached hydrogen (secondary N) is 2. The number of anilines is 1. The highest BCUT2D eigenvalue weighted by Gasteiger charge is 2.40. The number of halogens is 2. The topological polar surface area (TPSA) is 94.7 Å². The number of carbonyl (C=O) groups excluding carboxylic acids is 2. The molecule has 6 aromatic rings. The zero-order chi connectivity index (χ0) is 46.7. The summed E-state index contributed by atoms with van der Waals surface area (Å²) < 4.78 is 0. The van der Waals surface area contributed by atoms with Gasteiger partial charge in [0, 0.05) is 27.7 Å². The first kappa shape index (κ1) is 44.2. The van der Waals surface area contributed by atoms with Gasteiger partial charge in [0.25, 0.3) is 11.8 Å². The van der Waals surface area contributed by atoms with Crippen LogP contribution in [-0.4, -0.2) is 31.8 Å². The van der Waals surface area contributed by atoms with Crippen molar-refractivity contribution in [1.82, 2.24) is 19.9 Å². The first-order valence-corrected chi connectivity index (χ1v) is 22.9. The number of amides is 2. The Labute approximate surface area is 391 Å². The minimum Gasteiger partial charge on any atom is -0.355 e. The average molecular weight is 901 g/mol. The van der Waals surface area contributed by atoms with Crippen molar-refractivity contribution in [2.75, 3.05) is 4.90 Å². The Morgan fingerprint density at radius 1 is 0.462 bits per heavy atom. The van der Waals surface area contributed by atoms with Crippen LogP contribution in [0.4, 0.5) is 5.69 Å². The smallest absolute Gasteiger partial charge is 0.266 e. The molecule has 330 valence electrons. The molecule has 0 saturated carbocycles. The van der Waals surface area contributed by atoms with E-state index in [-0.39, 0.29) is 42.8 Å². The van der Waals surface area contributed by atoms with Crippen LogP contribution in [0.15, 0.2) is 78.9 Å². The second kappa shape index (κ2) is 15.3. The molecule has 0 fully saturated rings. The summed E-state index contributed by atoms with van der Waals surface area (Å²) in [5, 5.41) is 0.378. The minimum atomic E-state index is -0.519. The maximum absolute atomic E-state index is 14.6. The number of hydrogen-bond donors (Lipinski definition) is 2. The highest BCUT2D eigenvalue weighted by molar-refractivity contribution is 6.44. The summed E-state index contributed by atoms with van der Waals surface area (Å²) in [6.45, 7) is 26.7. The Kier molecular flexibility index (Phi) is 10.4. The van der Waals surface area contributed by atoms with E-state index in [0.29, 0.717) is 22.6 Å². The van der Waals surface area contributed by atoms with Crippen LogP contribution in [0.1, 0.15) is 149 Å². The molecule has 9 heteroatoms. The van der Waals surface area contributed by atoms with E-state index in [1.807, 2.05) is 30.4 Å². The monoisotopic (exact) mass is 899 g/mol. The number of nitrogens with zero attached hydrogens (tertiary/aromatic N) is 3. The van der Waals surface area contributed by atoms with Gasteiger partial charge in [0.1, 0.15) is 5.69 Å². The first-order chi connectivity index (χ1) is 30.3. The molecule has 65 heavy (non-hydrogen) atoms. The lowest BCUT2D eigenvalue weighted by atomic mass is 9.78. The fourth-order valence-corrected chi connectivity index (χ4v) is 9.01. The van der Waals surface area contributed by atoms with Gasteiger partial charge in [0.05, 0.1) is 49.5 Å². The van der Waals surface area contributed by atoms with Gasteiger partial charge in [-0.15, -0.1) is 0 Å². The van der Waals surface area contributed by atoms with Crippen molar-refractivity contribution in [2.45, 2.75) is 105 Å². The molecule has 0 radical (unpaired) electrons. The van der Waals surface area contributed by atoms with Gasteiger partial charge in [0.15, 0.2) is 0 Å². The molecule has 2 amide bonds. The van der Waals surface area contributed by atoms with Gasteiger partial charge in [-0.05, 0) is 122 Å². The zero-order valence-corrected chi connectivity index (χ0v) is 40.7. The van der Waals surface area contributed by atoms with Crippen LogP contribution >= 0.6 is 23.2 Å². The van der Waals surface area contributed by atoms with Crippen molar-refractivity contribution in [3.63, 3.8) is 0 Å². The van der Waals surface area contributed by atoms with Crippen LogP contribution < -0.4 is 4.90 Å². The van der Waals surface area contributed by atoms with Gasteiger partial charge >= 0.3 is 0 Å². The summed E-state index contributed by atoms with van der Waals surface area (Å²) in [5.41, 5.74) is 14.3. The van der Waals surface area contributed by atoms with Crippen LogP contribution in [0.5, 0.6) is 0 Å². The number of aromatic amines is 2. The highest BCUT2D eigenvalue weighted by Crippen LogP contribution is 2.43. The van der Waals surface area contributed by atoms with Crippen LogP contribution in [0, 0.1) is 0 Å². The lowest BCUT2D eigenvalue weighted by molar-refractivity contribution is 0.0926. The number of H-pyrrole nitrogens is 2. The lowest BCUT2D eigenvalue weighted by Crippen LogP contribution is -2.30. The number of rotatable bonds is 3. The van der Waals surface area contributed by atoms with Crippen molar-refractivity contribution in [3.8, 4) is 22.3 Å². The number of benzene rings is 3.